The normalized spacial score (nSPS) is 23.3. The molecule has 1 aromatic rings. The number of amides is 1. The maximum atomic E-state index is 12.2. The van der Waals surface area contributed by atoms with E-state index in [1.807, 2.05) is 20.3 Å². The Morgan fingerprint density at radius 3 is 2.89 bits per heavy atom. The van der Waals surface area contributed by atoms with E-state index in [9.17, 15) is 9.90 Å². The molecule has 0 unspecified atom stereocenters. The third-order valence-corrected chi connectivity index (χ3v) is 3.91. The van der Waals surface area contributed by atoms with Crippen LogP contribution in [0, 0.1) is 5.92 Å². The second-order valence-electron chi connectivity index (χ2n) is 5.59. The Morgan fingerprint density at radius 2 is 2.26 bits per heavy atom. The predicted molar refractivity (Wildman–Crippen MR) is 72.3 cm³/mol. The lowest BCUT2D eigenvalue weighted by Crippen LogP contribution is -2.33. The van der Waals surface area contributed by atoms with Gasteiger partial charge in [-0.2, -0.15) is 5.10 Å². The minimum absolute atomic E-state index is 0.106. The van der Waals surface area contributed by atoms with Gasteiger partial charge in [0.2, 0.25) is 5.91 Å². The molecule has 2 rings (SSSR count). The summed E-state index contributed by atoms with van der Waals surface area (Å²) in [6, 6.07) is 0. The zero-order chi connectivity index (χ0) is 13.8. The number of aromatic nitrogens is 2. The van der Waals surface area contributed by atoms with Gasteiger partial charge in [-0.25, -0.2) is 0 Å². The topological polar surface area (TPSA) is 58.4 Å². The van der Waals surface area contributed by atoms with E-state index in [-0.39, 0.29) is 17.9 Å². The van der Waals surface area contributed by atoms with Crippen molar-refractivity contribution in [1.29, 1.82) is 0 Å². The molecule has 1 amide bonds. The van der Waals surface area contributed by atoms with Crippen LogP contribution in [0.2, 0.25) is 0 Å². The SMILES string of the molecule is CN(Cc1cnn(C)c1)C(=O)C[C@@H]1CCCC[C@H]1O. The molecule has 1 fully saturated rings. The molecule has 0 saturated heterocycles. The highest BCUT2D eigenvalue weighted by molar-refractivity contribution is 5.76. The Morgan fingerprint density at radius 1 is 1.53 bits per heavy atom. The van der Waals surface area contributed by atoms with Gasteiger partial charge in [0, 0.05) is 38.8 Å². The number of aliphatic hydroxyl groups excluding tert-OH is 1. The molecule has 1 aromatic heterocycles. The molecule has 0 spiro atoms. The molecule has 1 aliphatic rings. The predicted octanol–water partition coefficient (Wildman–Crippen LogP) is 1.32. The average Bonchev–Trinajstić information content (AvgIpc) is 2.77. The van der Waals surface area contributed by atoms with Crippen molar-refractivity contribution in [2.45, 2.75) is 44.8 Å². The summed E-state index contributed by atoms with van der Waals surface area (Å²) in [6.45, 7) is 0.579. The quantitative estimate of drug-likeness (QED) is 0.893. The highest BCUT2D eigenvalue weighted by Crippen LogP contribution is 2.27. The first-order valence-electron chi connectivity index (χ1n) is 6.96. The van der Waals surface area contributed by atoms with E-state index in [2.05, 4.69) is 5.10 Å². The van der Waals surface area contributed by atoms with E-state index in [0.717, 1.165) is 31.2 Å². The van der Waals surface area contributed by atoms with E-state index >= 15 is 0 Å². The first-order chi connectivity index (χ1) is 9.06. The smallest absolute Gasteiger partial charge is 0.222 e. The standard InChI is InChI=1S/C14H23N3O2/c1-16(9-11-8-15-17(2)10-11)14(19)7-12-5-3-4-6-13(12)18/h8,10,12-13,18H,3-7,9H2,1-2H3/t12-,13+/m0/s1. The van der Waals surface area contributed by atoms with Crippen molar-refractivity contribution in [2.75, 3.05) is 7.05 Å². The van der Waals surface area contributed by atoms with Crippen molar-refractivity contribution in [1.82, 2.24) is 14.7 Å². The zero-order valence-corrected chi connectivity index (χ0v) is 11.7. The number of carbonyl (C=O) groups is 1. The van der Waals surface area contributed by atoms with Crippen LogP contribution in [0.1, 0.15) is 37.7 Å². The van der Waals surface area contributed by atoms with Crippen molar-refractivity contribution in [2.24, 2.45) is 13.0 Å². The van der Waals surface area contributed by atoms with Crippen molar-refractivity contribution in [3.63, 3.8) is 0 Å². The lowest BCUT2D eigenvalue weighted by atomic mass is 9.84. The molecule has 0 aliphatic heterocycles. The molecule has 2 atom stereocenters. The minimum atomic E-state index is -0.301. The first-order valence-corrected chi connectivity index (χ1v) is 6.96. The van der Waals surface area contributed by atoms with Gasteiger partial charge in [-0.15, -0.1) is 0 Å². The third kappa shape index (κ3) is 3.80. The summed E-state index contributed by atoms with van der Waals surface area (Å²) < 4.78 is 1.73. The van der Waals surface area contributed by atoms with Gasteiger partial charge in [-0.05, 0) is 18.8 Å². The minimum Gasteiger partial charge on any atom is -0.393 e. The molecule has 0 aromatic carbocycles. The van der Waals surface area contributed by atoms with Gasteiger partial charge in [0.25, 0.3) is 0 Å². The van der Waals surface area contributed by atoms with E-state index in [0.29, 0.717) is 13.0 Å². The summed E-state index contributed by atoms with van der Waals surface area (Å²) in [5, 5.41) is 14.0. The Bertz CT molecular complexity index is 430. The summed E-state index contributed by atoms with van der Waals surface area (Å²) in [5.41, 5.74) is 1.03. The molecule has 1 saturated carbocycles. The Kier molecular flexibility index (Phi) is 4.58. The summed E-state index contributed by atoms with van der Waals surface area (Å²) in [4.78, 5) is 13.9. The second kappa shape index (κ2) is 6.19. The van der Waals surface area contributed by atoms with Crippen LogP contribution in [-0.4, -0.2) is 38.8 Å². The molecule has 0 radical (unpaired) electrons. The first kappa shape index (κ1) is 14.1. The Hall–Kier alpha value is -1.36. The zero-order valence-electron chi connectivity index (χ0n) is 11.7. The van der Waals surface area contributed by atoms with Crippen molar-refractivity contribution < 1.29 is 9.90 Å². The van der Waals surface area contributed by atoms with Gasteiger partial charge in [0.1, 0.15) is 0 Å². The monoisotopic (exact) mass is 265 g/mol. The maximum Gasteiger partial charge on any atom is 0.222 e. The van der Waals surface area contributed by atoms with Crippen molar-refractivity contribution >= 4 is 5.91 Å². The Labute approximate surface area is 114 Å². The fourth-order valence-corrected chi connectivity index (χ4v) is 2.72. The molecule has 5 heteroatoms. The van der Waals surface area contributed by atoms with Gasteiger partial charge in [-0.1, -0.05) is 12.8 Å². The number of nitrogens with zero attached hydrogens (tertiary/aromatic N) is 3. The molecule has 106 valence electrons. The van der Waals surface area contributed by atoms with Crippen LogP contribution >= 0.6 is 0 Å². The van der Waals surface area contributed by atoms with E-state index in [4.69, 9.17) is 0 Å². The van der Waals surface area contributed by atoms with Crippen molar-refractivity contribution in [3.8, 4) is 0 Å². The number of hydrogen-bond acceptors (Lipinski definition) is 3. The third-order valence-electron chi connectivity index (χ3n) is 3.91. The average molecular weight is 265 g/mol. The van der Waals surface area contributed by atoms with Crippen LogP contribution in [0.3, 0.4) is 0 Å². The number of rotatable bonds is 4. The van der Waals surface area contributed by atoms with Crippen LogP contribution in [-0.2, 0) is 18.4 Å². The van der Waals surface area contributed by atoms with Gasteiger partial charge in [0.15, 0.2) is 0 Å². The van der Waals surface area contributed by atoms with Crippen LogP contribution in [0.4, 0.5) is 0 Å². The van der Waals surface area contributed by atoms with E-state index in [1.165, 1.54) is 0 Å². The highest BCUT2D eigenvalue weighted by Gasteiger charge is 2.26. The summed E-state index contributed by atoms with van der Waals surface area (Å²) in [6.07, 6.45) is 7.86. The number of aryl methyl sites for hydroxylation is 1. The summed E-state index contributed by atoms with van der Waals surface area (Å²) in [5.74, 6) is 0.243. The lowest BCUT2D eigenvalue weighted by molar-refractivity contribution is -0.132. The van der Waals surface area contributed by atoms with E-state index in [1.54, 1.807) is 15.8 Å². The Balaban J connectivity index is 1.85. The number of hydrogen-bond donors (Lipinski definition) is 1. The van der Waals surface area contributed by atoms with Crippen LogP contribution in [0.15, 0.2) is 12.4 Å². The fourth-order valence-electron chi connectivity index (χ4n) is 2.72. The molecule has 1 N–H and O–H groups in total. The summed E-state index contributed by atoms with van der Waals surface area (Å²) in [7, 11) is 3.67. The van der Waals surface area contributed by atoms with Gasteiger partial charge < -0.3 is 10.0 Å². The van der Waals surface area contributed by atoms with Crippen LogP contribution < -0.4 is 0 Å². The molecule has 1 aliphatic carbocycles. The van der Waals surface area contributed by atoms with E-state index < -0.39 is 0 Å². The molecule has 19 heavy (non-hydrogen) atoms. The number of aliphatic hydroxyl groups is 1. The van der Waals surface area contributed by atoms with Crippen LogP contribution in [0.25, 0.3) is 0 Å². The van der Waals surface area contributed by atoms with Crippen LogP contribution in [0.5, 0.6) is 0 Å². The summed E-state index contributed by atoms with van der Waals surface area (Å²) >= 11 is 0. The molecule has 0 bridgehead atoms. The number of carbonyl (C=O) groups excluding carboxylic acids is 1. The second-order valence-corrected chi connectivity index (χ2v) is 5.59. The molecule has 1 heterocycles. The maximum absolute atomic E-state index is 12.2. The van der Waals surface area contributed by atoms with Gasteiger partial charge in [0.05, 0.1) is 12.3 Å². The fraction of sp³-hybridized carbons (Fsp3) is 0.714. The van der Waals surface area contributed by atoms with Crippen molar-refractivity contribution in [3.05, 3.63) is 18.0 Å². The van der Waals surface area contributed by atoms with Gasteiger partial charge in [-0.3, -0.25) is 9.48 Å². The molecule has 5 nitrogen and oxygen atoms in total. The largest absolute Gasteiger partial charge is 0.393 e. The lowest BCUT2D eigenvalue weighted by Gasteiger charge is -2.28. The van der Waals surface area contributed by atoms with Gasteiger partial charge >= 0.3 is 0 Å². The molecular weight excluding hydrogens is 242 g/mol. The highest BCUT2D eigenvalue weighted by atomic mass is 16.3. The molecular formula is C14H23N3O2.